The molecule has 4 heteroatoms. The van der Waals surface area contributed by atoms with E-state index in [1.54, 1.807) is 12.1 Å². The van der Waals surface area contributed by atoms with Gasteiger partial charge in [-0.1, -0.05) is 48.0 Å². The lowest BCUT2D eigenvalue weighted by atomic mass is 10.1. The molecule has 24 heavy (non-hydrogen) atoms. The Labute approximate surface area is 139 Å². The molecule has 0 atom stereocenters. The molecular formula is C20H16N2O2. The van der Waals surface area contributed by atoms with Crippen LogP contribution in [0.5, 0.6) is 0 Å². The van der Waals surface area contributed by atoms with Crippen molar-refractivity contribution in [1.29, 1.82) is 0 Å². The molecule has 0 unspecified atom stereocenters. The fraction of sp³-hybridized carbons (Fsp3) is 0.100. The van der Waals surface area contributed by atoms with Gasteiger partial charge in [0.2, 0.25) is 0 Å². The minimum Gasteiger partial charge on any atom is -0.336 e. The monoisotopic (exact) mass is 316 g/mol. The summed E-state index contributed by atoms with van der Waals surface area (Å²) in [6.45, 7) is 2.81. The average Bonchev–Trinajstić information content (AvgIpc) is 2.90. The number of rotatable bonds is 3. The highest BCUT2D eigenvalue weighted by Crippen LogP contribution is 2.32. The Kier molecular flexibility index (Phi) is 3.31. The van der Waals surface area contributed by atoms with Crippen LogP contribution in [-0.2, 0) is 6.54 Å². The van der Waals surface area contributed by atoms with Crippen molar-refractivity contribution in [1.82, 2.24) is 4.57 Å². The van der Waals surface area contributed by atoms with Crippen molar-refractivity contribution in [3.05, 3.63) is 88.0 Å². The largest absolute Gasteiger partial charge is 0.336 e. The standard InChI is InChI=1S/C20H16N2O2/c1-14-6-8-15(9-7-14)13-21-19-5-3-2-4-17(19)18-12-16(22(23)24)10-11-20(18)21/h2-12H,13H2,1H3. The number of non-ortho nitro benzene ring substituents is 1. The van der Waals surface area contributed by atoms with Gasteiger partial charge >= 0.3 is 0 Å². The minimum atomic E-state index is -0.342. The van der Waals surface area contributed by atoms with Crippen molar-refractivity contribution in [3.63, 3.8) is 0 Å². The summed E-state index contributed by atoms with van der Waals surface area (Å²) in [5.74, 6) is 0. The van der Waals surface area contributed by atoms with E-state index in [-0.39, 0.29) is 10.6 Å². The maximum atomic E-state index is 11.1. The second-order valence-electron chi connectivity index (χ2n) is 6.05. The van der Waals surface area contributed by atoms with Gasteiger partial charge in [0, 0.05) is 40.5 Å². The molecule has 3 aromatic carbocycles. The van der Waals surface area contributed by atoms with Crippen LogP contribution in [0.2, 0.25) is 0 Å². The predicted octanol–water partition coefficient (Wildman–Crippen LogP) is 5.06. The van der Waals surface area contributed by atoms with E-state index in [0.29, 0.717) is 0 Å². The highest BCUT2D eigenvalue weighted by atomic mass is 16.6. The van der Waals surface area contributed by atoms with Crippen LogP contribution in [0.1, 0.15) is 11.1 Å². The number of benzene rings is 3. The number of fused-ring (bicyclic) bond motifs is 3. The second kappa shape index (κ2) is 5.49. The molecule has 0 amide bonds. The highest BCUT2D eigenvalue weighted by Gasteiger charge is 2.14. The van der Waals surface area contributed by atoms with Crippen molar-refractivity contribution in [2.24, 2.45) is 0 Å². The van der Waals surface area contributed by atoms with Gasteiger partial charge in [-0.25, -0.2) is 0 Å². The quantitative estimate of drug-likeness (QED) is 0.392. The van der Waals surface area contributed by atoms with Gasteiger partial charge in [-0.2, -0.15) is 0 Å². The summed E-state index contributed by atoms with van der Waals surface area (Å²) in [5.41, 5.74) is 4.68. The minimum absolute atomic E-state index is 0.126. The first-order valence-electron chi connectivity index (χ1n) is 7.84. The topological polar surface area (TPSA) is 48.1 Å². The lowest BCUT2D eigenvalue weighted by molar-refractivity contribution is -0.384. The van der Waals surface area contributed by atoms with E-state index in [4.69, 9.17) is 0 Å². The molecule has 4 aromatic rings. The van der Waals surface area contributed by atoms with Gasteiger partial charge < -0.3 is 4.57 Å². The number of nitrogens with zero attached hydrogens (tertiary/aromatic N) is 2. The van der Waals surface area contributed by atoms with E-state index < -0.39 is 0 Å². The van der Waals surface area contributed by atoms with Crippen LogP contribution in [0.15, 0.2) is 66.7 Å². The average molecular weight is 316 g/mol. The Morgan fingerprint density at radius 3 is 2.38 bits per heavy atom. The summed E-state index contributed by atoms with van der Waals surface area (Å²) in [4.78, 5) is 10.8. The van der Waals surface area contributed by atoms with E-state index >= 15 is 0 Å². The summed E-state index contributed by atoms with van der Waals surface area (Å²) in [7, 11) is 0. The molecule has 1 aromatic heterocycles. The van der Waals surface area contributed by atoms with Crippen LogP contribution in [-0.4, -0.2) is 9.49 Å². The van der Waals surface area contributed by atoms with Gasteiger partial charge in [0.25, 0.3) is 5.69 Å². The lowest BCUT2D eigenvalue weighted by Gasteiger charge is -2.08. The number of hydrogen-bond donors (Lipinski definition) is 0. The van der Waals surface area contributed by atoms with Gasteiger partial charge in [-0.05, 0) is 24.6 Å². The lowest BCUT2D eigenvalue weighted by Crippen LogP contribution is -1.99. The first-order chi connectivity index (χ1) is 11.6. The molecule has 0 saturated heterocycles. The second-order valence-corrected chi connectivity index (χ2v) is 6.05. The predicted molar refractivity (Wildman–Crippen MR) is 96.4 cm³/mol. The molecule has 4 rings (SSSR count). The Morgan fingerprint density at radius 2 is 1.62 bits per heavy atom. The summed E-state index contributed by atoms with van der Waals surface area (Å²) in [5, 5.41) is 13.1. The molecular weight excluding hydrogens is 300 g/mol. The van der Waals surface area contributed by atoms with Gasteiger partial charge in [0.15, 0.2) is 0 Å². The molecule has 4 nitrogen and oxygen atoms in total. The van der Waals surface area contributed by atoms with Crippen LogP contribution in [0.25, 0.3) is 21.8 Å². The van der Waals surface area contributed by atoms with Gasteiger partial charge in [0.05, 0.1) is 4.92 Å². The van der Waals surface area contributed by atoms with E-state index in [9.17, 15) is 10.1 Å². The van der Waals surface area contributed by atoms with E-state index in [1.807, 2.05) is 24.3 Å². The number of nitro benzene ring substituents is 1. The number of hydrogen-bond acceptors (Lipinski definition) is 2. The Bertz CT molecular complexity index is 1060. The molecule has 0 aliphatic heterocycles. The van der Waals surface area contributed by atoms with Gasteiger partial charge in [-0.3, -0.25) is 10.1 Å². The number of aryl methyl sites for hydroxylation is 1. The molecule has 1 heterocycles. The zero-order valence-electron chi connectivity index (χ0n) is 13.3. The van der Waals surface area contributed by atoms with Crippen LogP contribution in [0, 0.1) is 17.0 Å². The zero-order chi connectivity index (χ0) is 16.7. The first-order valence-corrected chi connectivity index (χ1v) is 7.84. The number of para-hydroxylation sites is 1. The molecule has 0 fully saturated rings. The fourth-order valence-corrected chi connectivity index (χ4v) is 3.20. The normalized spacial score (nSPS) is 11.2. The van der Waals surface area contributed by atoms with E-state index in [1.165, 1.54) is 11.1 Å². The van der Waals surface area contributed by atoms with E-state index in [0.717, 1.165) is 28.4 Å². The Balaban J connectivity index is 1.95. The smallest absolute Gasteiger partial charge is 0.270 e. The first kappa shape index (κ1) is 14.5. The Hall–Kier alpha value is -3.14. The summed E-state index contributed by atoms with van der Waals surface area (Å²) in [6, 6.07) is 21.6. The van der Waals surface area contributed by atoms with Gasteiger partial charge in [-0.15, -0.1) is 0 Å². The maximum Gasteiger partial charge on any atom is 0.270 e. The van der Waals surface area contributed by atoms with Crippen molar-refractivity contribution in [2.75, 3.05) is 0 Å². The molecule has 0 bridgehead atoms. The van der Waals surface area contributed by atoms with E-state index in [2.05, 4.69) is 41.8 Å². The molecule has 0 aliphatic carbocycles. The fourth-order valence-electron chi connectivity index (χ4n) is 3.20. The van der Waals surface area contributed by atoms with Crippen LogP contribution >= 0.6 is 0 Å². The summed E-state index contributed by atoms with van der Waals surface area (Å²) < 4.78 is 2.22. The zero-order valence-corrected chi connectivity index (χ0v) is 13.3. The third kappa shape index (κ3) is 2.33. The molecule has 0 spiro atoms. The highest BCUT2D eigenvalue weighted by molar-refractivity contribution is 6.08. The van der Waals surface area contributed by atoms with Crippen LogP contribution < -0.4 is 0 Å². The maximum absolute atomic E-state index is 11.1. The van der Waals surface area contributed by atoms with Crippen molar-refractivity contribution in [3.8, 4) is 0 Å². The van der Waals surface area contributed by atoms with Gasteiger partial charge in [0.1, 0.15) is 0 Å². The van der Waals surface area contributed by atoms with Crippen molar-refractivity contribution < 1.29 is 4.92 Å². The summed E-state index contributed by atoms with van der Waals surface area (Å²) >= 11 is 0. The molecule has 0 saturated carbocycles. The van der Waals surface area contributed by atoms with Crippen molar-refractivity contribution in [2.45, 2.75) is 13.5 Å². The SMILES string of the molecule is Cc1ccc(Cn2c3ccccc3c3cc([N+](=O)[O-])ccc32)cc1. The summed E-state index contributed by atoms with van der Waals surface area (Å²) in [6.07, 6.45) is 0. The third-order valence-corrected chi connectivity index (χ3v) is 4.43. The molecule has 118 valence electrons. The Morgan fingerprint density at radius 1 is 0.917 bits per heavy atom. The molecule has 0 N–H and O–H groups in total. The molecule has 0 radical (unpaired) electrons. The van der Waals surface area contributed by atoms with Crippen molar-refractivity contribution >= 4 is 27.5 Å². The molecule has 0 aliphatic rings. The van der Waals surface area contributed by atoms with Crippen LogP contribution in [0.3, 0.4) is 0 Å². The number of nitro groups is 1. The number of aromatic nitrogens is 1. The van der Waals surface area contributed by atoms with Crippen LogP contribution in [0.4, 0.5) is 5.69 Å². The third-order valence-electron chi connectivity index (χ3n) is 4.43.